The average molecular weight is 471 g/mol. The van der Waals surface area contributed by atoms with Crippen LogP contribution in [0.5, 0.6) is 11.6 Å². The van der Waals surface area contributed by atoms with Crippen LogP contribution in [0.4, 0.5) is 10.1 Å². The number of anilines is 1. The van der Waals surface area contributed by atoms with Gasteiger partial charge in [-0.25, -0.2) is 9.37 Å². The topological polar surface area (TPSA) is 107 Å². The minimum Gasteiger partial charge on any atom is -0.439 e. The smallest absolute Gasteiger partial charge is 0.292 e. The molecule has 1 atom stereocenters. The fraction of sp³-hybridized carbons (Fsp3) is 0.273. The van der Waals surface area contributed by atoms with Crippen LogP contribution in [0.3, 0.4) is 0 Å². The third-order valence-electron chi connectivity index (χ3n) is 5.39. The van der Waals surface area contributed by atoms with Crippen molar-refractivity contribution in [3.05, 3.63) is 64.3 Å². The van der Waals surface area contributed by atoms with E-state index in [1.165, 1.54) is 12.4 Å². The second-order valence-electron chi connectivity index (χ2n) is 7.83. The molecule has 170 valence electrons. The predicted octanol–water partition coefficient (Wildman–Crippen LogP) is 3.88. The molecule has 1 aromatic carbocycles. The number of hydrogen-bond donors (Lipinski definition) is 2. The molecule has 0 amide bonds. The van der Waals surface area contributed by atoms with Gasteiger partial charge in [-0.3, -0.25) is 9.89 Å². The first-order valence-electron chi connectivity index (χ1n) is 10.4. The van der Waals surface area contributed by atoms with Crippen molar-refractivity contribution in [3.63, 3.8) is 0 Å². The zero-order chi connectivity index (χ0) is 22.8. The Bertz CT molecular complexity index is 1330. The minimum absolute atomic E-state index is 0.0120. The number of nitrogens with zero attached hydrogens (tertiary/aromatic N) is 4. The zero-order valence-electron chi connectivity index (χ0n) is 17.4. The van der Waals surface area contributed by atoms with Gasteiger partial charge in [0.2, 0.25) is 5.88 Å². The van der Waals surface area contributed by atoms with E-state index < -0.39 is 11.2 Å². The van der Waals surface area contributed by atoms with Crippen LogP contribution in [0, 0.1) is 0 Å². The summed E-state index contributed by atoms with van der Waals surface area (Å²) in [7, 11) is 0. The predicted molar refractivity (Wildman–Crippen MR) is 121 cm³/mol. The first-order chi connectivity index (χ1) is 16.0. The van der Waals surface area contributed by atoms with Crippen LogP contribution >= 0.6 is 11.6 Å². The summed E-state index contributed by atoms with van der Waals surface area (Å²) in [6.07, 6.45) is 5.59. The standard InChI is InChI=1S/C22H20ClFN6O3/c23-20-18(26-12-22(24)6-1-7-32-13-22)11-28-30(21(20)31)15-2-5-19(25-10-15)33-16-3-4-17-14(8-16)9-27-29-17/h2-5,8-11,26H,1,6-7,12-13H2,(H,27,29)/t22-/m1/s1. The van der Waals surface area contributed by atoms with Crippen LogP contribution in [0.2, 0.25) is 5.02 Å². The molecule has 9 nitrogen and oxygen atoms in total. The molecular weight excluding hydrogens is 451 g/mol. The molecule has 1 saturated heterocycles. The van der Waals surface area contributed by atoms with Gasteiger partial charge in [0.1, 0.15) is 10.8 Å². The molecule has 3 aromatic heterocycles. The Morgan fingerprint density at radius 1 is 1.27 bits per heavy atom. The van der Waals surface area contributed by atoms with Crippen molar-refractivity contribution in [2.45, 2.75) is 18.5 Å². The van der Waals surface area contributed by atoms with Crippen LogP contribution < -0.4 is 15.6 Å². The summed E-state index contributed by atoms with van der Waals surface area (Å²) >= 11 is 6.25. The Morgan fingerprint density at radius 3 is 2.97 bits per heavy atom. The summed E-state index contributed by atoms with van der Waals surface area (Å²) in [5, 5.41) is 14.7. The second-order valence-corrected chi connectivity index (χ2v) is 8.20. The number of alkyl halides is 1. The number of nitrogens with one attached hydrogen (secondary N) is 2. The van der Waals surface area contributed by atoms with Gasteiger partial charge in [-0.05, 0) is 37.1 Å². The molecule has 1 aliphatic heterocycles. The highest BCUT2D eigenvalue weighted by molar-refractivity contribution is 6.32. The van der Waals surface area contributed by atoms with Crippen molar-refractivity contribution in [1.82, 2.24) is 25.0 Å². The van der Waals surface area contributed by atoms with E-state index in [4.69, 9.17) is 21.1 Å². The molecule has 4 heterocycles. The molecule has 0 bridgehead atoms. The van der Waals surface area contributed by atoms with E-state index in [0.717, 1.165) is 15.6 Å². The quantitative estimate of drug-likeness (QED) is 0.440. The van der Waals surface area contributed by atoms with Crippen molar-refractivity contribution in [2.24, 2.45) is 0 Å². The normalized spacial score (nSPS) is 18.4. The number of rotatable bonds is 6. The molecule has 0 aliphatic carbocycles. The largest absolute Gasteiger partial charge is 0.439 e. The maximum absolute atomic E-state index is 14.7. The molecule has 11 heteroatoms. The lowest BCUT2D eigenvalue weighted by atomic mass is 9.99. The maximum Gasteiger partial charge on any atom is 0.292 e. The molecule has 0 radical (unpaired) electrons. The lowest BCUT2D eigenvalue weighted by Crippen LogP contribution is -2.40. The van der Waals surface area contributed by atoms with Crippen molar-refractivity contribution in [3.8, 4) is 17.3 Å². The van der Waals surface area contributed by atoms with Crippen LogP contribution in [-0.2, 0) is 4.74 Å². The van der Waals surface area contributed by atoms with Gasteiger partial charge in [-0.1, -0.05) is 11.6 Å². The SMILES string of the molecule is O=c1c(Cl)c(NC[C@]2(F)CCCOC2)cnn1-c1ccc(Oc2ccc3[nH]ncc3c2)nc1. The van der Waals surface area contributed by atoms with Crippen molar-refractivity contribution in [2.75, 3.05) is 25.1 Å². The second kappa shape index (κ2) is 8.80. The highest BCUT2D eigenvalue weighted by atomic mass is 35.5. The molecule has 0 saturated carbocycles. The molecule has 33 heavy (non-hydrogen) atoms. The van der Waals surface area contributed by atoms with Crippen molar-refractivity contribution >= 4 is 28.2 Å². The van der Waals surface area contributed by atoms with E-state index in [9.17, 15) is 9.18 Å². The number of H-pyrrole nitrogens is 1. The van der Waals surface area contributed by atoms with Crippen LogP contribution in [0.15, 0.2) is 53.7 Å². The highest BCUT2D eigenvalue weighted by Crippen LogP contribution is 2.26. The van der Waals surface area contributed by atoms with E-state index in [1.54, 1.807) is 24.4 Å². The first-order valence-corrected chi connectivity index (χ1v) is 10.7. The number of aromatic nitrogens is 5. The third-order valence-corrected chi connectivity index (χ3v) is 5.75. The molecule has 0 unspecified atom stereocenters. The van der Waals surface area contributed by atoms with E-state index in [2.05, 4.69) is 25.6 Å². The van der Waals surface area contributed by atoms with Gasteiger partial charge < -0.3 is 14.8 Å². The summed E-state index contributed by atoms with van der Waals surface area (Å²) in [6, 6.07) is 8.77. The Kier molecular flexibility index (Phi) is 5.69. The number of pyridine rings is 1. The number of fused-ring (bicyclic) bond motifs is 1. The average Bonchev–Trinajstić information content (AvgIpc) is 3.29. The van der Waals surface area contributed by atoms with E-state index in [-0.39, 0.29) is 23.9 Å². The van der Waals surface area contributed by atoms with Gasteiger partial charge in [0.05, 0.1) is 48.6 Å². The zero-order valence-corrected chi connectivity index (χ0v) is 18.2. The summed E-state index contributed by atoms with van der Waals surface area (Å²) in [6.45, 7) is 0.551. The van der Waals surface area contributed by atoms with Gasteiger partial charge >= 0.3 is 0 Å². The number of ether oxygens (including phenoxy) is 2. The summed E-state index contributed by atoms with van der Waals surface area (Å²) in [4.78, 5) is 17.0. The molecule has 4 aromatic rings. The molecular formula is C22H20ClFN6O3. The summed E-state index contributed by atoms with van der Waals surface area (Å²) in [5.74, 6) is 0.953. The highest BCUT2D eigenvalue weighted by Gasteiger charge is 2.32. The Balaban J connectivity index is 1.30. The molecule has 5 rings (SSSR count). The first kappa shape index (κ1) is 21.4. The number of aromatic amines is 1. The maximum atomic E-state index is 14.7. The van der Waals surface area contributed by atoms with E-state index in [0.29, 0.717) is 36.8 Å². The number of halogens is 2. The fourth-order valence-electron chi connectivity index (χ4n) is 3.61. The van der Waals surface area contributed by atoms with Gasteiger partial charge in [0, 0.05) is 18.1 Å². The van der Waals surface area contributed by atoms with Crippen molar-refractivity contribution < 1.29 is 13.9 Å². The number of benzene rings is 1. The Labute approximate surface area is 192 Å². The third kappa shape index (κ3) is 4.53. The van der Waals surface area contributed by atoms with Gasteiger partial charge in [0.25, 0.3) is 5.56 Å². The summed E-state index contributed by atoms with van der Waals surface area (Å²) in [5.41, 5.74) is -0.468. The van der Waals surface area contributed by atoms with Gasteiger partial charge in [-0.2, -0.15) is 14.9 Å². The van der Waals surface area contributed by atoms with E-state index in [1.807, 2.05) is 12.1 Å². The van der Waals surface area contributed by atoms with Gasteiger partial charge in [0.15, 0.2) is 5.67 Å². The Hall–Kier alpha value is -3.50. The molecule has 0 spiro atoms. The van der Waals surface area contributed by atoms with Crippen LogP contribution in [0.1, 0.15) is 12.8 Å². The van der Waals surface area contributed by atoms with Gasteiger partial charge in [-0.15, -0.1) is 0 Å². The molecule has 1 aliphatic rings. The van der Waals surface area contributed by atoms with Crippen LogP contribution in [0.25, 0.3) is 16.6 Å². The molecule has 2 N–H and O–H groups in total. The minimum atomic E-state index is -1.50. The Morgan fingerprint density at radius 2 is 2.18 bits per heavy atom. The van der Waals surface area contributed by atoms with Crippen molar-refractivity contribution in [1.29, 1.82) is 0 Å². The summed E-state index contributed by atoms with van der Waals surface area (Å²) < 4.78 is 26.8. The monoisotopic (exact) mass is 470 g/mol. The fourth-order valence-corrected chi connectivity index (χ4v) is 3.81. The number of hydrogen-bond acceptors (Lipinski definition) is 7. The van der Waals surface area contributed by atoms with E-state index >= 15 is 0 Å². The lowest BCUT2D eigenvalue weighted by molar-refractivity contribution is -0.0234. The lowest BCUT2D eigenvalue weighted by Gasteiger charge is -2.29. The molecule has 1 fully saturated rings. The van der Waals surface area contributed by atoms with Crippen LogP contribution in [-0.4, -0.2) is 50.4 Å².